The summed E-state index contributed by atoms with van der Waals surface area (Å²) in [6, 6.07) is 2.09. The van der Waals surface area contributed by atoms with Crippen LogP contribution >= 0.6 is 11.8 Å². The SMILES string of the molecule is O=C1Cc2c(F)ccc(F)c2S1. The molecule has 62 valence electrons. The predicted molar refractivity (Wildman–Crippen MR) is 40.9 cm³/mol. The lowest BCUT2D eigenvalue weighted by Crippen LogP contribution is -1.91. The van der Waals surface area contributed by atoms with E-state index in [-0.39, 0.29) is 22.0 Å². The molecule has 1 aromatic carbocycles. The van der Waals surface area contributed by atoms with Crippen molar-refractivity contribution in [2.45, 2.75) is 11.3 Å². The number of carbonyl (C=O) groups is 1. The minimum absolute atomic E-state index is 0.00356. The molecule has 0 spiro atoms. The highest BCUT2D eigenvalue weighted by Gasteiger charge is 2.25. The van der Waals surface area contributed by atoms with Gasteiger partial charge in [0.1, 0.15) is 11.6 Å². The molecule has 1 aliphatic rings. The van der Waals surface area contributed by atoms with Crippen LogP contribution < -0.4 is 0 Å². The second-order valence-electron chi connectivity index (χ2n) is 2.49. The number of fused-ring (bicyclic) bond motifs is 1. The van der Waals surface area contributed by atoms with Crippen molar-refractivity contribution >= 4 is 16.9 Å². The van der Waals surface area contributed by atoms with Crippen LogP contribution in [0.3, 0.4) is 0 Å². The van der Waals surface area contributed by atoms with E-state index in [1.54, 1.807) is 0 Å². The molecule has 0 fully saturated rings. The van der Waals surface area contributed by atoms with Crippen LogP contribution in [0.5, 0.6) is 0 Å². The van der Waals surface area contributed by atoms with Gasteiger partial charge in [-0.05, 0) is 23.9 Å². The van der Waals surface area contributed by atoms with Crippen molar-refractivity contribution < 1.29 is 13.6 Å². The first-order valence-corrected chi connectivity index (χ1v) is 4.17. The van der Waals surface area contributed by atoms with Gasteiger partial charge in [-0.15, -0.1) is 0 Å². The zero-order chi connectivity index (χ0) is 8.72. The van der Waals surface area contributed by atoms with E-state index < -0.39 is 11.6 Å². The van der Waals surface area contributed by atoms with Crippen molar-refractivity contribution in [3.05, 3.63) is 29.3 Å². The van der Waals surface area contributed by atoms with E-state index in [1.165, 1.54) is 0 Å². The van der Waals surface area contributed by atoms with E-state index in [9.17, 15) is 13.6 Å². The molecule has 0 radical (unpaired) electrons. The summed E-state index contributed by atoms with van der Waals surface area (Å²) in [5.41, 5.74) is 0.199. The molecule has 1 aromatic rings. The Labute approximate surface area is 71.8 Å². The molecule has 0 bridgehead atoms. The fraction of sp³-hybridized carbons (Fsp3) is 0.125. The average Bonchev–Trinajstić information content (AvgIpc) is 2.41. The minimum atomic E-state index is -0.512. The Morgan fingerprint density at radius 2 is 1.92 bits per heavy atom. The Bertz CT molecular complexity index is 329. The zero-order valence-electron chi connectivity index (χ0n) is 5.93. The van der Waals surface area contributed by atoms with Crippen LogP contribution in [0.15, 0.2) is 17.0 Å². The number of hydrogen-bond donors (Lipinski definition) is 0. The number of rotatable bonds is 0. The molecule has 4 heteroatoms. The average molecular weight is 186 g/mol. The monoisotopic (exact) mass is 186 g/mol. The van der Waals surface area contributed by atoms with Crippen molar-refractivity contribution in [3.63, 3.8) is 0 Å². The Kier molecular flexibility index (Phi) is 1.65. The maximum Gasteiger partial charge on any atom is 0.198 e. The van der Waals surface area contributed by atoms with Crippen LogP contribution in [-0.4, -0.2) is 5.12 Å². The molecule has 0 aromatic heterocycles. The molecule has 0 N–H and O–H groups in total. The quantitative estimate of drug-likeness (QED) is 0.617. The van der Waals surface area contributed by atoms with Crippen LogP contribution in [0.1, 0.15) is 5.56 Å². The van der Waals surface area contributed by atoms with Crippen LogP contribution in [0.4, 0.5) is 8.78 Å². The first-order valence-electron chi connectivity index (χ1n) is 3.36. The number of benzene rings is 1. The topological polar surface area (TPSA) is 17.1 Å². The Hall–Kier alpha value is -0.900. The summed E-state index contributed by atoms with van der Waals surface area (Å²) in [5.74, 6) is -1.01. The Balaban J connectivity index is 2.64. The molecule has 1 nitrogen and oxygen atoms in total. The molecular formula is C8H4F2OS. The van der Waals surface area contributed by atoms with Crippen molar-refractivity contribution in [1.29, 1.82) is 0 Å². The van der Waals surface area contributed by atoms with Gasteiger partial charge in [-0.1, -0.05) is 0 Å². The fourth-order valence-electron chi connectivity index (χ4n) is 1.14. The van der Waals surface area contributed by atoms with Gasteiger partial charge in [0, 0.05) is 12.0 Å². The van der Waals surface area contributed by atoms with E-state index in [0.29, 0.717) is 0 Å². The summed E-state index contributed by atoms with van der Waals surface area (Å²) in [4.78, 5) is 11.0. The summed E-state index contributed by atoms with van der Waals surface area (Å²) in [7, 11) is 0. The molecular weight excluding hydrogens is 182 g/mol. The fourth-order valence-corrected chi connectivity index (χ4v) is 2.05. The van der Waals surface area contributed by atoms with Crippen molar-refractivity contribution in [3.8, 4) is 0 Å². The number of hydrogen-bond acceptors (Lipinski definition) is 2. The molecule has 0 unspecified atom stereocenters. The van der Waals surface area contributed by atoms with Gasteiger partial charge >= 0.3 is 0 Å². The van der Waals surface area contributed by atoms with Gasteiger partial charge in [-0.25, -0.2) is 8.78 Å². The molecule has 2 rings (SSSR count). The Morgan fingerprint density at radius 1 is 1.25 bits per heavy atom. The highest BCUT2D eigenvalue weighted by Crippen LogP contribution is 2.35. The lowest BCUT2D eigenvalue weighted by Gasteiger charge is -1.98. The molecule has 0 saturated heterocycles. The summed E-state index contributed by atoms with van der Waals surface area (Å²) in [6.45, 7) is 0. The second kappa shape index (κ2) is 2.55. The van der Waals surface area contributed by atoms with Crippen LogP contribution in [0, 0.1) is 11.6 Å². The minimum Gasteiger partial charge on any atom is -0.286 e. The van der Waals surface area contributed by atoms with Gasteiger partial charge in [0.2, 0.25) is 0 Å². The zero-order valence-corrected chi connectivity index (χ0v) is 6.75. The van der Waals surface area contributed by atoms with Crippen molar-refractivity contribution in [1.82, 2.24) is 0 Å². The molecule has 1 aliphatic heterocycles. The third-order valence-corrected chi connectivity index (χ3v) is 2.71. The van der Waals surface area contributed by atoms with E-state index in [4.69, 9.17) is 0 Å². The van der Waals surface area contributed by atoms with Gasteiger partial charge in [0.15, 0.2) is 5.12 Å². The lowest BCUT2D eigenvalue weighted by atomic mass is 10.1. The van der Waals surface area contributed by atoms with Crippen LogP contribution in [0.25, 0.3) is 0 Å². The summed E-state index contributed by atoms with van der Waals surface area (Å²) in [5, 5.41) is -0.200. The number of thioether (sulfide) groups is 1. The first-order chi connectivity index (χ1) is 5.68. The summed E-state index contributed by atoms with van der Waals surface area (Å²) in [6.07, 6.45) is 0.00356. The highest BCUT2D eigenvalue weighted by molar-refractivity contribution is 8.14. The van der Waals surface area contributed by atoms with Gasteiger partial charge in [0.05, 0.1) is 4.90 Å². The molecule has 1 heterocycles. The van der Waals surface area contributed by atoms with E-state index in [1.807, 2.05) is 0 Å². The van der Waals surface area contributed by atoms with E-state index >= 15 is 0 Å². The summed E-state index contributed by atoms with van der Waals surface area (Å²) < 4.78 is 25.8. The van der Waals surface area contributed by atoms with Gasteiger partial charge in [-0.2, -0.15) is 0 Å². The predicted octanol–water partition coefficient (Wildman–Crippen LogP) is 2.14. The molecule has 12 heavy (non-hydrogen) atoms. The summed E-state index contributed by atoms with van der Waals surface area (Å²) >= 11 is 0.778. The molecule has 0 atom stereocenters. The smallest absolute Gasteiger partial charge is 0.198 e. The van der Waals surface area contributed by atoms with Crippen molar-refractivity contribution in [2.75, 3.05) is 0 Å². The Morgan fingerprint density at radius 3 is 2.58 bits per heavy atom. The third kappa shape index (κ3) is 1.03. The van der Waals surface area contributed by atoms with E-state index in [2.05, 4.69) is 0 Å². The molecule has 0 aliphatic carbocycles. The number of halogens is 2. The maximum absolute atomic E-state index is 12.9. The van der Waals surface area contributed by atoms with E-state index in [0.717, 1.165) is 23.9 Å². The van der Waals surface area contributed by atoms with Crippen molar-refractivity contribution in [2.24, 2.45) is 0 Å². The standard InChI is InChI=1S/C8H4F2OS/c9-5-1-2-6(10)8-4(5)3-7(11)12-8/h1-2H,3H2. The lowest BCUT2D eigenvalue weighted by molar-refractivity contribution is -0.110. The normalized spacial score (nSPS) is 15.0. The molecule has 0 saturated carbocycles. The van der Waals surface area contributed by atoms with Gasteiger partial charge < -0.3 is 0 Å². The van der Waals surface area contributed by atoms with Gasteiger partial charge in [-0.3, -0.25) is 4.79 Å². The van der Waals surface area contributed by atoms with Gasteiger partial charge in [0.25, 0.3) is 0 Å². The second-order valence-corrected chi connectivity index (χ2v) is 3.56. The van der Waals surface area contributed by atoms with Crippen LogP contribution in [0.2, 0.25) is 0 Å². The largest absolute Gasteiger partial charge is 0.286 e. The third-order valence-electron chi connectivity index (χ3n) is 1.69. The first kappa shape index (κ1) is 7.73. The highest BCUT2D eigenvalue weighted by atomic mass is 32.2. The number of carbonyl (C=O) groups excluding carboxylic acids is 1. The molecule has 0 amide bonds. The maximum atomic E-state index is 12.9. The van der Waals surface area contributed by atoms with Crippen LogP contribution in [-0.2, 0) is 11.2 Å².